The van der Waals surface area contributed by atoms with Crippen molar-refractivity contribution < 1.29 is 13.2 Å². The molecule has 0 unspecified atom stereocenters. The average Bonchev–Trinajstić information content (AvgIpc) is 3.22. The topological polar surface area (TPSA) is 81.8 Å². The molecule has 1 fully saturated rings. The SMILES string of the molecule is COc1ccc(S(=O)(=O)n2cc(CCCN(C)C)c3cc(C#N)ccc32)cc1N1CCN(C)CC1. The Labute approximate surface area is 208 Å². The van der Waals surface area contributed by atoms with Crippen LogP contribution in [0.1, 0.15) is 17.5 Å². The minimum Gasteiger partial charge on any atom is -0.495 e. The van der Waals surface area contributed by atoms with E-state index in [1.54, 1.807) is 49.7 Å². The molecule has 35 heavy (non-hydrogen) atoms. The van der Waals surface area contributed by atoms with Crippen molar-refractivity contribution in [1.82, 2.24) is 13.8 Å². The molecule has 0 atom stereocenters. The van der Waals surface area contributed by atoms with Crippen LogP contribution in [0.5, 0.6) is 5.75 Å². The number of ether oxygens (including phenoxy) is 1. The first-order valence-electron chi connectivity index (χ1n) is 11.8. The van der Waals surface area contributed by atoms with Crippen LogP contribution in [0.25, 0.3) is 10.9 Å². The summed E-state index contributed by atoms with van der Waals surface area (Å²) in [6.07, 6.45) is 3.33. The highest BCUT2D eigenvalue weighted by Gasteiger charge is 2.25. The molecule has 8 nitrogen and oxygen atoms in total. The minimum absolute atomic E-state index is 0.216. The first kappa shape index (κ1) is 25.0. The number of aromatic nitrogens is 1. The lowest BCUT2D eigenvalue weighted by atomic mass is 10.1. The summed E-state index contributed by atoms with van der Waals surface area (Å²) in [7, 11) is 3.85. The van der Waals surface area contributed by atoms with Gasteiger partial charge in [0.2, 0.25) is 0 Å². The summed E-state index contributed by atoms with van der Waals surface area (Å²) in [4.78, 5) is 6.75. The van der Waals surface area contributed by atoms with Crippen LogP contribution in [0.15, 0.2) is 47.5 Å². The Balaban J connectivity index is 1.78. The summed E-state index contributed by atoms with van der Waals surface area (Å²) in [6, 6.07) is 12.4. The van der Waals surface area contributed by atoms with Crippen molar-refractivity contribution in [3.63, 3.8) is 0 Å². The Morgan fingerprint density at radius 1 is 1.09 bits per heavy atom. The maximum Gasteiger partial charge on any atom is 0.268 e. The van der Waals surface area contributed by atoms with Gasteiger partial charge in [-0.05, 0) is 82.5 Å². The third-order valence-electron chi connectivity index (χ3n) is 6.58. The number of anilines is 1. The molecular weight excluding hydrogens is 462 g/mol. The molecule has 0 aliphatic carbocycles. The van der Waals surface area contributed by atoms with E-state index in [0.29, 0.717) is 16.8 Å². The molecule has 3 aromatic rings. The van der Waals surface area contributed by atoms with Gasteiger partial charge in [0.1, 0.15) is 5.75 Å². The second-order valence-electron chi connectivity index (χ2n) is 9.33. The van der Waals surface area contributed by atoms with E-state index in [-0.39, 0.29) is 4.90 Å². The molecule has 2 aromatic carbocycles. The van der Waals surface area contributed by atoms with Crippen LogP contribution in [0.4, 0.5) is 5.69 Å². The van der Waals surface area contributed by atoms with Gasteiger partial charge in [-0.15, -0.1) is 0 Å². The number of aryl methyl sites for hydroxylation is 1. The Kier molecular flexibility index (Phi) is 7.36. The number of rotatable bonds is 8. The Bertz CT molecular complexity index is 1350. The van der Waals surface area contributed by atoms with Gasteiger partial charge in [0, 0.05) is 37.8 Å². The standard InChI is InChI=1S/C26H33N5O3S/c1-28(2)11-5-6-21-19-31(24-9-7-20(18-27)16-23(21)24)35(32,33)22-8-10-26(34-4)25(17-22)30-14-12-29(3)13-15-30/h7-10,16-17,19H,5-6,11-15H2,1-4H3. The zero-order valence-corrected chi connectivity index (χ0v) is 21.7. The summed E-state index contributed by atoms with van der Waals surface area (Å²) >= 11 is 0. The molecule has 0 amide bonds. The van der Waals surface area contributed by atoms with E-state index in [4.69, 9.17) is 4.74 Å². The van der Waals surface area contributed by atoms with E-state index in [1.807, 2.05) is 14.1 Å². The summed E-state index contributed by atoms with van der Waals surface area (Å²) in [5, 5.41) is 10.2. The lowest BCUT2D eigenvalue weighted by Crippen LogP contribution is -2.44. The van der Waals surface area contributed by atoms with Crippen molar-refractivity contribution in [1.29, 1.82) is 5.26 Å². The fraction of sp³-hybridized carbons (Fsp3) is 0.423. The fourth-order valence-electron chi connectivity index (χ4n) is 4.56. The third kappa shape index (κ3) is 5.15. The van der Waals surface area contributed by atoms with E-state index in [1.165, 1.54) is 3.97 Å². The lowest BCUT2D eigenvalue weighted by Gasteiger charge is -2.34. The molecule has 9 heteroatoms. The van der Waals surface area contributed by atoms with Gasteiger partial charge in [-0.25, -0.2) is 12.4 Å². The van der Waals surface area contributed by atoms with Gasteiger partial charge in [-0.3, -0.25) is 0 Å². The van der Waals surface area contributed by atoms with E-state index in [9.17, 15) is 13.7 Å². The molecule has 0 radical (unpaired) electrons. The highest BCUT2D eigenvalue weighted by molar-refractivity contribution is 7.90. The molecular formula is C26H33N5O3S. The lowest BCUT2D eigenvalue weighted by molar-refractivity contribution is 0.311. The zero-order chi connectivity index (χ0) is 25.2. The van der Waals surface area contributed by atoms with Crippen LogP contribution in [0.3, 0.4) is 0 Å². The van der Waals surface area contributed by atoms with Crippen LogP contribution in [-0.4, -0.2) is 83.2 Å². The molecule has 0 spiro atoms. The maximum absolute atomic E-state index is 13.9. The summed E-state index contributed by atoms with van der Waals surface area (Å²) < 4.78 is 34.7. The molecule has 1 aliphatic rings. The quantitative estimate of drug-likeness (QED) is 0.475. The van der Waals surface area contributed by atoms with E-state index in [0.717, 1.165) is 62.2 Å². The van der Waals surface area contributed by atoms with Crippen molar-refractivity contribution in [3.8, 4) is 11.8 Å². The van der Waals surface area contributed by atoms with Crippen molar-refractivity contribution in [2.75, 3.05) is 65.9 Å². The predicted molar refractivity (Wildman–Crippen MR) is 139 cm³/mol. The van der Waals surface area contributed by atoms with Gasteiger partial charge in [0.25, 0.3) is 10.0 Å². The van der Waals surface area contributed by atoms with Crippen molar-refractivity contribution in [2.24, 2.45) is 0 Å². The summed E-state index contributed by atoms with van der Waals surface area (Å²) in [5.41, 5.74) is 2.82. The van der Waals surface area contributed by atoms with Gasteiger partial charge in [-0.2, -0.15) is 5.26 Å². The molecule has 1 aromatic heterocycles. The number of benzene rings is 2. The van der Waals surface area contributed by atoms with E-state index < -0.39 is 10.0 Å². The zero-order valence-electron chi connectivity index (χ0n) is 20.9. The number of nitrogens with zero attached hydrogens (tertiary/aromatic N) is 5. The normalized spacial score (nSPS) is 15.0. The summed E-state index contributed by atoms with van der Waals surface area (Å²) in [5.74, 6) is 0.661. The van der Waals surface area contributed by atoms with Gasteiger partial charge in [-0.1, -0.05) is 0 Å². The number of fused-ring (bicyclic) bond motifs is 1. The molecule has 0 bridgehead atoms. The molecule has 1 saturated heterocycles. The average molecular weight is 496 g/mol. The van der Waals surface area contributed by atoms with Gasteiger partial charge in [0.05, 0.1) is 34.8 Å². The summed E-state index contributed by atoms with van der Waals surface area (Å²) in [6.45, 7) is 4.30. The minimum atomic E-state index is -3.87. The van der Waals surface area contributed by atoms with E-state index >= 15 is 0 Å². The van der Waals surface area contributed by atoms with Crippen LogP contribution >= 0.6 is 0 Å². The monoisotopic (exact) mass is 495 g/mol. The molecule has 4 rings (SSSR count). The van der Waals surface area contributed by atoms with Crippen LogP contribution < -0.4 is 9.64 Å². The van der Waals surface area contributed by atoms with Crippen LogP contribution in [-0.2, 0) is 16.4 Å². The molecule has 0 saturated carbocycles. The molecule has 2 heterocycles. The number of hydrogen-bond acceptors (Lipinski definition) is 7. The van der Waals surface area contributed by atoms with Gasteiger partial charge < -0.3 is 19.4 Å². The van der Waals surface area contributed by atoms with Gasteiger partial charge in [0.15, 0.2) is 0 Å². The largest absolute Gasteiger partial charge is 0.495 e. The number of methoxy groups -OCH3 is 1. The second kappa shape index (κ2) is 10.3. The Hall–Kier alpha value is -3.06. The van der Waals surface area contributed by atoms with Crippen molar-refractivity contribution in [3.05, 3.63) is 53.7 Å². The predicted octanol–water partition coefficient (Wildman–Crippen LogP) is 3.00. The highest BCUT2D eigenvalue weighted by Crippen LogP contribution is 2.34. The number of likely N-dealkylation sites (N-methyl/N-ethyl adjacent to an activating group) is 1. The maximum atomic E-state index is 13.9. The fourth-order valence-corrected chi connectivity index (χ4v) is 5.97. The van der Waals surface area contributed by atoms with Gasteiger partial charge >= 0.3 is 0 Å². The van der Waals surface area contributed by atoms with Crippen LogP contribution in [0.2, 0.25) is 0 Å². The smallest absolute Gasteiger partial charge is 0.268 e. The third-order valence-corrected chi connectivity index (χ3v) is 8.25. The van der Waals surface area contributed by atoms with Crippen LogP contribution in [0, 0.1) is 11.3 Å². The molecule has 1 aliphatic heterocycles. The number of piperazine rings is 1. The van der Waals surface area contributed by atoms with Crippen molar-refractivity contribution in [2.45, 2.75) is 17.7 Å². The second-order valence-corrected chi connectivity index (χ2v) is 11.1. The first-order valence-corrected chi connectivity index (χ1v) is 13.2. The highest BCUT2D eigenvalue weighted by atomic mass is 32.2. The Morgan fingerprint density at radius 3 is 2.49 bits per heavy atom. The number of hydrogen-bond donors (Lipinski definition) is 0. The van der Waals surface area contributed by atoms with E-state index in [2.05, 4.69) is 27.8 Å². The van der Waals surface area contributed by atoms with Crippen molar-refractivity contribution >= 4 is 26.6 Å². The molecule has 0 N–H and O–H groups in total. The Morgan fingerprint density at radius 2 is 1.83 bits per heavy atom. The number of nitriles is 1. The molecule has 186 valence electrons. The first-order chi connectivity index (χ1) is 16.7.